The van der Waals surface area contributed by atoms with Crippen molar-refractivity contribution in [3.05, 3.63) is 509 Å². The van der Waals surface area contributed by atoms with E-state index in [2.05, 4.69) is 526 Å². The second-order valence-corrected chi connectivity index (χ2v) is 35.5. The Balaban J connectivity index is 0.000000148. The molecule has 0 bridgehead atoms. The molecule has 0 N–H and O–H groups in total. The molecule has 0 spiro atoms. The van der Waals surface area contributed by atoms with Crippen LogP contribution in [0.25, 0.3) is 250 Å². The highest BCUT2D eigenvalue weighted by Gasteiger charge is 2.32. The van der Waals surface area contributed by atoms with E-state index in [1.807, 2.05) is 6.07 Å². The number of hydrogen-bond acceptors (Lipinski definition) is 4. The topological polar surface area (TPSA) is 87.1 Å². The van der Waals surface area contributed by atoms with Gasteiger partial charge in [-0.25, -0.2) is 15.0 Å². The number of hydrogen-bond donors (Lipinski definition) is 0. The van der Waals surface area contributed by atoms with Crippen LogP contribution in [0.3, 0.4) is 0 Å². The smallest absolute Gasteiger partial charge is 0.164 e. The van der Waals surface area contributed by atoms with Crippen molar-refractivity contribution >= 4 is 109 Å². The second kappa shape index (κ2) is 34.0. The van der Waals surface area contributed by atoms with Gasteiger partial charge >= 0.3 is 0 Å². The summed E-state index contributed by atoms with van der Waals surface area (Å²) in [7, 11) is 0. The quantitative estimate of drug-likeness (QED) is 0.102. The van der Waals surface area contributed by atoms with E-state index in [4.69, 9.17) is 15.0 Å². The van der Waals surface area contributed by atoms with E-state index in [1.165, 1.54) is 33.0 Å². The number of rotatable bonds is 15. The van der Waals surface area contributed by atoms with E-state index in [-0.39, 0.29) is 0 Å². The van der Waals surface area contributed by atoms with E-state index >= 15 is 0 Å². The van der Waals surface area contributed by atoms with Crippen LogP contribution in [0.4, 0.5) is 0 Å². The molecule has 0 unspecified atom stereocenters. The Hall–Kier alpha value is -18.9. The van der Waals surface area contributed by atoms with Gasteiger partial charge in [0.15, 0.2) is 17.5 Å². The predicted octanol–water partition coefficient (Wildman–Crippen LogP) is 33.6. The predicted molar refractivity (Wildman–Crippen MR) is 577 cm³/mol. The molecule has 0 amide bonds. The maximum absolute atomic E-state index is 12.2. The number of nitrogens with zero attached hydrogens (tertiary/aromatic N) is 9. The van der Waals surface area contributed by atoms with Crippen LogP contribution in [0, 0.1) is 11.3 Å². The molecule has 9 nitrogen and oxygen atoms in total. The van der Waals surface area contributed by atoms with Crippen molar-refractivity contribution in [3.63, 3.8) is 0 Å². The zero-order chi connectivity index (χ0) is 92.0. The minimum atomic E-state index is 0.571. The Kier molecular flexibility index (Phi) is 19.8. The van der Waals surface area contributed by atoms with Crippen molar-refractivity contribution in [1.29, 1.82) is 5.26 Å². The molecule has 0 aliphatic heterocycles. The van der Waals surface area contributed by atoms with Gasteiger partial charge in [0.05, 0.1) is 83.6 Å². The molecule has 21 aromatic carbocycles. The van der Waals surface area contributed by atoms with Crippen molar-refractivity contribution in [1.82, 2.24) is 37.8 Å². The highest BCUT2D eigenvalue weighted by Crippen LogP contribution is 2.50. The molecule has 0 saturated heterocycles. The van der Waals surface area contributed by atoms with Gasteiger partial charge in [-0.2, -0.15) is 5.26 Å². The molecule has 6 heterocycles. The Morgan fingerprint density at radius 1 is 0.151 bits per heavy atom. The molecule has 0 aliphatic carbocycles. The fourth-order valence-electron chi connectivity index (χ4n) is 21.3. The molecule has 0 saturated carbocycles. The van der Waals surface area contributed by atoms with Crippen molar-refractivity contribution in [3.8, 4) is 147 Å². The summed E-state index contributed by atoms with van der Waals surface area (Å²) >= 11 is 0. The highest BCUT2D eigenvalue weighted by molar-refractivity contribution is 6.17. The average molecular weight is 1770 g/mol. The highest BCUT2D eigenvalue weighted by atomic mass is 15.1. The van der Waals surface area contributed by atoms with E-state index in [0.29, 0.717) is 23.0 Å². The summed E-state index contributed by atoms with van der Waals surface area (Å²) < 4.78 is 11.9. The first-order valence-electron chi connectivity index (χ1n) is 47.2. The summed E-state index contributed by atoms with van der Waals surface area (Å²) in [6.07, 6.45) is 0. The van der Waals surface area contributed by atoms with Crippen molar-refractivity contribution < 1.29 is 0 Å². The third kappa shape index (κ3) is 13.9. The minimum Gasteiger partial charge on any atom is -0.308 e. The fourth-order valence-corrected chi connectivity index (χ4v) is 21.3. The molecular weight excluding hydrogens is 1690 g/mol. The first-order chi connectivity index (χ1) is 68.9. The van der Waals surface area contributed by atoms with E-state index in [0.717, 1.165) is 199 Å². The monoisotopic (exact) mass is 1770 g/mol. The van der Waals surface area contributed by atoms with Crippen LogP contribution in [-0.4, -0.2) is 37.8 Å². The summed E-state index contributed by atoms with van der Waals surface area (Å²) in [5, 5.41) is 23.7. The van der Waals surface area contributed by atoms with Gasteiger partial charge in [0.25, 0.3) is 0 Å². The largest absolute Gasteiger partial charge is 0.308 e. The van der Waals surface area contributed by atoms with Crippen molar-refractivity contribution in [2.75, 3.05) is 0 Å². The molecule has 0 aliphatic rings. The van der Waals surface area contributed by atoms with Gasteiger partial charge in [0.2, 0.25) is 0 Å². The Morgan fingerprint density at radius 2 is 0.367 bits per heavy atom. The van der Waals surface area contributed by atoms with Gasteiger partial charge in [-0.1, -0.05) is 394 Å². The lowest BCUT2D eigenvalue weighted by Crippen LogP contribution is -2.13. The van der Waals surface area contributed by atoms with Crippen LogP contribution in [0.15, 0.2) is 504 Å². The van der Waals surface area contributed by atoms with Gasteiger partial charge in [-0.3, -0.25) is 0 Å². The number of fused-ring (bicyclic) bond motifs is 15. The molecule has 139 heavy (non-hydrogen) atoms. The lowest BCUT2D eigenvalue weighted by Gasteiger charge is -2.25. The third-order valence-corrected chi connectivity index (χ3v) is 27.6. The van der Waals surface area contributed by atoms with Crippen LogP contribution >= 0.6 is 0 Å². The SMILES string of the molecule is N#Cc1c(-n2c3ccccc3c3ccccc32)c(-n2c3ccccc3c3ccccc32)cc(-n2c3ccccc3c3ccccc32)c1-n1c2ccccc2c2ccccc21.c1ccc(-c2ccc(-c3nc(-c4cc(-c5ccccc5)cc(-c5ccccc5)c4)nc(-c4cc(-c5ccccc5)c(-n5c6ccc(-c7ccccc7)cc6c6cc(-c7ccccc7)ccc65)c(-c5ccccc5)c4)n3)cc2)cc1. The standard InChI is InChI=1S/C75H50N4.C55H33N5/c1-8-22-51(23-9-1)56-36-38-59(39-37-56)73-76-74(64-45-62(54-28-14-4-15-29-54)44-63(46-64)55-30-16-5-17-31-55)78-75(77-73)65-49-66(57-32-18-6-19-33-57)72(67(50-65)58-34-20-7-21-35-58)79-70-42-40-60(52-24-10-2-11-25-52)47-68(70)69-48-61(41-43-71(69)79)53-26-12-3-13-27-53;56-34-43-54(59-48-29-13-5-21-39(48)40-22-6-14-30-49(40)59)52(57-44-25-9-1-17-35(44)36-18-2-10-26-45(36)57)33-53(58-46-27-11-3-19-37(46)38-20-4-12-28-47(38)58)55(43)60-50-31-15-7-23-41(50)42-24-8-16-32-51(42)60/h1-50H;1-33H. The second-order valence-electron chi connectivity index (χ2n) is 35.5. The minimum absolute atomic E-state index is 0.571. The Bertz CT molecular complexity index is 8860. The van der Waals surface area contributed by atoms with Gasteiger partial charge in [0, 0.05) is 81.7 Å². The molecule has 0 atom stereocenters. The Morgan fingerprint density at radius 3 is 0.676 bits per heavy atom. The van der Waals surface area contributed by atoms with Crippen molar-refractivity contribution in [2.45, 2.75) is 0 Å². The summed E-state index contributed by atoms with van der Waals surface area (Å²) in [6, 6.07) is 182. The molecule has 9 heteroatoms. The van der Waals surface area contributed by atoms with Crippen LogP contribution < -0.4 is 0 Å². The lowest BCUT2D eigenvalue weighted by atomic mass is 9.92. The maximum Gasteiger partial charge on any atom is 0.164 e. The molecule has 27 aromatic rings. The summed E-state index contributed by atoms with van der Waals surface area (Å²) in [6.45, 7) is 0. The molecule has 0 fully saturated rings. The van der Waals surface area contributed by atoms with E-state index < -0.39 is 0 Å². The summed E-state index contributed by atoms with van der Waals surface area (Å²) in [5.74, 6) is 1.74. The average Bonchev–Trinajstić information content (AvgIpc) is 1.43. The number of aromatic nitrogens is 8. The zero-order valence-electron chi connectivity index (χ0n) is 75.4. The molecule has 27 rings (SSSR count). The fraction of sp³-hybridized carbons (Fsp3) is 0. The van der Waals surface area contributed by atoms with Crippen LogP contribution in [0.5, 0.6) is 0 Å². The Labute approximate surface area is 802 Å². The van der Waals surface area contributed by atoms with Gasteiger partial charge in [-0.05, 0) is 176 Å². The molecular formula is C130H83N9. The number of para-hydroxylation sites is 8. The van der Waals surface area contributed by atoms with Crippen molar-refractivity contribution in [2.24, 2.45) is 0 Å². The van der Waals surface area contributed by atoms with E-state index in [9.17, 15) is 5.26 Å². The van der Waals surface area contributed by atoms with E-state index in [1.54, 1.807) is 0 Å². The molecule has 648 valence electrons. The molecule has 0 radical (unpaired) electrons. The number of benzene rings is 21. The first-order valence-corrected chi connectivity index (χ1v) is 47.2. The lowest BCUT2D eigenvalue weighted by molar-refractivity contribution is 1.03. The van der Waals surface area contributed by atoms with Crippen LogP contribution in [0.2, 0.25) is 0 Å². The summed E-state index contributed by atoms with van der Waals surface area (Å²) in [4.78, 5) is 16.4. The van der Waals surface area contributed by atoms with Gasteiger partial charge < -0.3 is 22.8 Å². The van der Waals surface area contributed by atoms with Crippen LogP contribution in [-0.2, 0) is 0 Å². The van der Waals surface area contributed by atoms with Gasteiger partial charge in [0.1, 0.15) is 11.6 Å². The zero-order valence-corrected chi connectivity index (χ0v) is 75.4. The normalized spacial score (nSPS) is 11.6. The maximum atomic E-state index is 12.2. The molecule has 6 aromatic heterocycles. The van der Waals surface area contributed by atoms with Crippen LogP contribution in [0.1, 0.15) is 5.56 Å². The van der Waals surface area contributed by atoms with Gasteiger partial charge in [-0.15, -0.1) is 0 Å². The first kappa shape index (κ1) is 80.9. The third-order valence-electron chi connectivity index (χ3n) is 27.6. The summed E-state index contributed by atoms with van der Waals surface area (Å²) in [5.41, 5.74) is 34.0. The number of nitriles is 1.